The van der Waals surface area contributed by atoms with Crippen molar-refractivity contribution in [3.8, 4) is 27.8 Å². The molecule has 6 aromatic rings. The highest BCUT2D eigenvalue weighted by Crippen LogP contribution is 2.64. The molecule has 2 aliphatic heterocycles. The van der Waals surface area contributed by atoms with E-state index in [2.05, 4.69) is 0 Å². The van der Waals surface area contributed by atoms with Crippen LogP contribution in [0.5, 0.6) is 17.2 Å². The Labute approximate surface area is 366 Å². The molecule has 4 amide bonds. The third kappa shape index (κ3) is 6.25. The maximum Gasteiger partial charge on any atom is 0.242 e. The summed E-state index contributed by atoms with van der Waals surface area (Å²) in [6.45, 7) is 4.26. The SMILES string of the molecule is Cc1c(-c2cc(N3C(=O)[C@@H]4C[C@@H]5C(=CC[C@@H]6C(=O)N(CCc7ccc(O)cc7)C(=O)[C@@H]65)[C@H](c5ccc(OCc6ccccc6)cc5O)[C@]4(C)C3=O)n(C)n2)sc2ccc(Cl)cc12. The number of fused-ring (bicyclic) bond motifs is 5. The first-order valence-electron chi connectivity index (χ1n) is 20.8. The van der Waals surface area contributed by atoms with Crippen molar-refractivity contribution >= 4 is 62.5 Å². The quantitative estimate of drug-likeness (QED) is 0.109. The number of imide groups is 2. The molecule has 2 N–H and O–H groups in total. The molecule has 2 saturated heterocycles. The molecule has 1 saturated carbocycles. The predicted octanol–water partition coefficient (Wildman–Crippen LogP) is 8.73. The molecule has 2 aliphatic carbocycles. The number of rotatable bonds is 9. The Balaban J connectivity index is 1.03. The molecule has 0 radical (unpaired) electrons. The molecule has 3 fully saturated rings. The number of hydrogen-bond acceptors (Lipinski definition) is 9. The van der Waals surface area contributed by atoms with Gasteiger partial charge in [-0.05, 0) is 97.5 Å². The van der Waals surface area contributed by atoms with Crippen LogP contribution in [0.2, 0.25) is 5.02 Å². The number of likely N-dealkylation sites (tertiary alicyclic amines) is 1. The van der Waals surface area contributed by atoms with Crippen molar-refractivity contribution in [2.45, 2.75) is 45.6 Å². The zero-order valence-electron chi connectivity index (χ0n) is 34.2. The van der Waals surface area contributed by atoms with Crippen LogP contribution >= 0.6 is 22.9 Å². The van der Waals surface area contributed by atoms with Crippen LogP contribution in [-0.2, 0) is 39.3 Å². The molecule has 10 rings (SSSR count). The number of benzene rings is 4. The number of phenols is 2. The highest BCUT2D eigenvalue weighted by molar-refractivity contribution is 7.22. The van der Waals surface area contributed by atoms with E-state index in [9.17, 15) is 19.8 Å². The second kappa shape index (κ2) is 15.0. The van der Waals surface area contributed by atoms with E-state index in [1.807, 2.05) is 61.5 Å². The van der Waals surface area contributed by atoms with Gasteiger partial charge in [0.2, 0.25) is 23.6 Å². The Hall–Kier alpha value is -6.24. The van der Waals surface area contributed by atoms with Gasteiger partial charge in [-0.1, -0.05) is 71.8 Å². The van der Waals surface area contributed by atoms with Crippen LogP contribution < -0.4 is 9.64 Å². The van der Waals surface area contributed by atoms with Gasteiger partial charge in [-0.2, -0.15) is 5.10 Å². The van der Waals surface area contributed by atoms with Crippen molar-refractivity contribution in [2.24, 2.45) is 36.1 Å². The van der Waals surface area contributed by atoms with Gasteiger partial charge >= 0.3 is 0 Å². The van der Waals surface area contributed by atoms with Crippen LogP contribution in [0.4, 0.5) is 5.82 Å². The number of aryl methyl sites for hydroxylation is 2. The van der Waals surface area contributed by atoms with Crippen molar-refractivity contribution in [2.75, 3.05) is 11.4 Å². The number of halogens is 1. The summed E-state index contributed by atoms with van der Waals surface area (Å²) in [6, 6.07) is 28.9. The molecule has 4 aromatic carbocycles. The number of nitrogens with zero attached hydrogens (tertiary/aromatic N) is 4. The Morgan fingerprint density at radius 2 is 1.66 bits per heavy atom. The van der Waals surface area contributed by atoms with Crippen LogP contribution in [0, 0.1) is 36.0 Å². The van der Waals surface area contributed by atoms with Gasteiger partial charge in [0.25, 0.3) is 0 Å². The Kier molecular flexibility index (Phi) is 9.64. The van der Waals surface area contributed by atoms with Crippen molar-refractivity contribution in [3.05, 3.63) is 136 Å². The first kappa shape index (κ1) is 39.9. The van der Waals surface area contributed by atoms with Crippen LogP contribution in [0.25, 0.3) is 20.7 Å². The Morgan fingerprint density at radius 1 is 0.887 bits per heavy atom. The molecule has 314 valence electrons. The van der Waals surface area contributed by atoms with E-state index >= 15 is 9.59 Å². The Morgan fingerprint density at radius 3 is 2.42 bits per heavy atom. The summed E-state index contributed by atoms with van der Waals surface area (Å²) in [5.41, 5.74) is 3.26. The van der Waals surface area contributed by atoms with E-state index in [1.165, 1.54) is 15.9 Å². The fraction of sp³-hybridized carbons (Fsp3) is 0.286. The van der Waals surface area contributed by atoms with Crippen LogP contribution in [0.3, 0.4) is 0 Å². The molecular weight excluding hydrogens is 824 g/mol. The zero-order valence-corrected chi connectivity index (χ0v) is 35.8. The van der Waals surface area contributed by atoms with Crippen LogP contribution in [-0.4, -0.2) is 55.1 Å². The van der Waals surface area contributed by atoms with Gasteiger partial charge in [0, 0.05) is 46.9 Å². The lowest BCUT2D eigenvalue weighted by molar-refractivity contribution is -0.140. The number of ether oxygens (including phenoxy) is 1. The van der Waals surface area contributed by atoms with Crippen molar-refractivity contribution in [1.82, 2.24) is 14.7 Å². The highest BCUT2D eigenvalue weighted by atomic mass is 35.5. The topological polar surface area (TPSA) is 142 Å². The monoisotopic (exact) mass is 866 g/mol. The number of allylic oxidation sites excluding steroid dienone is 2. The fourth-order valence-corrected chi connectivity index (χ4v) is 11.9. The van der Waals surface area contributed by atoms with Gasteiger partial charge in [0.15, 0.2) is 0 Å². The minimum Gasteiger partial charge on any atom is -0.508 e. The van der Waals surface area contributed by atoms with Crippen LogP contribution in [0.1, 0.15) is 47.9 Å². The van der Waals surface area contributed by atoms with Gasteiger partial charge in [-0.3, -0.25) is 28.8 Å². The van der Waals surface area contributed by atoms with E-state index in [0.717, 1.165) is 37.2 Å². The minimum atomic E-state index is -1.38. The van der Waals surface area contributed by atoms with Gasteiger partial charge < -0.3 is 14.9 Å². The van der Waals surface area contributed by atoms with Gasteiger partial charge in [-0.25, -0.2) is 4.90 Å². The summed E-state index contributed by atoms with van der Waals surface area (Å²) in [7, 11) is 1.71. The lowest BCUT2D eigenvalue weighted by Crippen LogP contribution is -2.49. The number of carbonyl (C=O) groups is 4. The number of aromatic nitrogens is 2. The molecule has 4 heterocycles. The number of anilines is 1. The second-order valence-electron chi connectivity index (χ2n) is 17.1. The summed E-state index contributed by atoms with van der Waals surface area (Å²) < 4.78 is 8.66. The van der Waals surface area contributed by atoms with E-state index in [4.69, 9.17) is 21.4 Å². The minimum absolute atomic E-state index is 0.101. The predicted molar refractivity (Wildman–Crippen MR) is 236 cm³/mol. The lowest BCUT2D eigenvalue weighted by atomic mass is 9.51. The van der Waals surface area contributed by atoms with Crippen molar-refractivity contribution in [1.29, 1.82) is 0 Å². The van der Waals surface area contributed by atoms with Gasteiger partial charge in [0.05, 0.1) is 28.0 Å². The number of carbonyl (C=O) groups excluding carboxylic acids is 4. The van der Waals surface area contributed by atoms with Gasteiger partial charge in [-0.15, -0.1) is 11.3 Å². The first-order chi connectivity index (χ1) is 29.8. The fourth-order valence-electron chi connectivity index (χ4n) is 10.6. The summed E-state index contributed by atoms with van der Waals surface area (Å²) in [5.74, 6) is -4.23. The molecule has 0 unspecified atom stereocenters. The molecule has 4 aliphatic rings. The highest BCUT2D eigenvalue weighted by Gasteiger charge is 2.68. The number of phenolic OH excluding ortho intramolecular Hbond substituents is 2. The number of thiophene rings is 1. The summed E-state index contributed by atoms with van der Waals surface area (Å²) in [6.07, 6.45) is 2.85. The molecule has 0 bridgehead atoms. The smallest absolute Gasteiger partial charge is 0.242 e. The van der Waals surface area contributed by atoms with Crippen LogP contribution in [0.15, 0.2) is 109 Å². The summed E-state index contributed by atoms with van der Waals surface area (Å²) in [4.78, 5) is 62.4. The van der Waals surface area contributed by atoms with Crippen molar-refractivity contribution < 1.29 is 34.1 Å². The molecule has 13 heteroatoms. The molecular formula is C49H43ClN4O7S. The Bertz CT molecular complexity index is 2870. The normalized spacial score (nSPS) is 24.4. The van der Waals surface area contributed by atoms with E-state index in [1.54, 1.807) is 72.5 Å². The van der Waals surface area contributed by atoms with Crippen molar-refractivity contribution in [3.63, 3.8) is 0 Å². The number of aromatic hydroxyl groups is 2. The van der Waals surface area contributed by atoms with E-state index in [-0.39, 0.29) is 49.3 Å². The molecule has 11 nitrogen and oxygen atoms in total. The number of amides is 4. The lowest BCUT2D eigenvalue weighted by Gasteiger charge is -2.49. The maximum absolute atomic E-state index is 15.3. The van der Waals surface area contributed by atoms with Gasteiger partial charge in [0.1, 0.15) is 35.4 Å². The average Bonchev–Trinajstić information content (AvgIpc) is 3.93. The third-order valence-corrected chi connectivity index (χ3v) is 15.2. The summed E-state index contributed by atoms with van der Waals surface area (Å²) >= 11 is 7.91. The number of hydrogen-bond donors (Lipinski definition) is 2. The molecule has 2 aromatic heterocycles. The van der Waals surface area contributed by atoms with E-state index in [0.29, 0.717) is 34.3 Å². The van der Waals surface area contributed by atoms with E-state index < -0.39 is 46.8 Å². The molecule has 0 spiro atoms. The molecule has 62 heavy (non-hydrogen) atoms. The largest absolute Gasteiger partial charge is 0.508 e. The standard InChI is InChI=1S/C49H43ClN4O7S/c1-26-35-21-29(50)11-18-40(35)62-44(26)38-24-41(52(3)51-38)54-46(58)37-23-36-32(16-17-34-42(36)47(59)53(45(34)57)20-19-27-9-12-30(55)13-10-27)43(49(37,2)48(54)60)33-15-14-31(22-39(33)56)61-25-28-7-5-4-6-8-28/h4-16,18,21-22,24,34,36-37,42-43,55-56H,17,19-20,23,25H2,1-3H3/t34-,36+,37-,42-,43+,49+/m0/s1. The summed E-state index contributed by atoms with van der Waals surface area (Å²) in [5, 5.41) is 28.1. The zero-order chi connectivity index (χ0) is 43.2. The maximum atomic E-state index is 15.3. The average molecular weight is 867 g/mol. The molecule has 6 atom stereocenters. The first-order valence-corrected chi connectivity index (χ1v) is 22.0. The second-order valence-corrected chi connectivity index (χ2v) is 18.6. The third-order valence-electron chi connectivity index (χ3n) is 13.7.